The van der Waals surface area contributed by atoms with Crippen molar-refractivity contribution in [2.24, 2.45) is 0 Å². The molecule has 1 fully saturated rings. The van der Waals surface area contributed by atoms with Crippen molar-refractivity contribution in [1.82, 2.24) is 0 Å². The minimum absolute atomic E-state index is 0.167. The average molecular weight is 230 g/mol. The second kappa shape index (κ2) is 2.03. The first-order valence-electron chi connectivity index (χ1n) is 2.09. The first-order valence-corrected chi connectivity index (χ1v) is 4.33. The van der Waals surface area contributed by atoms with Crippen molar-refractivity contribution >= 4 is 31.9 Å². The standard InChI is InChI=1S/C4H6Br2O/c5-1-4(2-6)3-7-4/h1-3H2. The van der Waals surface area contributed by atoms with Gasteiger partial charge in [-0.25, -0.2) is 0 Å². The molecule has 1 rings (SSSR count). The minimum Gasteiger partial charge on any atom is -0.368 e. The van der Waals surface area contributed by atoms with Crippen LogP contribution in [0.1, 0.15) is 0 Å². The SMILES string of the molecule is BrCC1(CBr)CO1. The molecule has 0 aromatic carbocycles. The Kier molecular flexibility index (Phi) is 1.76. The first kappa shape index (κ1) is 6.05. The van der Waals surface area contributed by atoms with Crippen LogP contribution in [0.25, 0.3) is 0 Å². The molecule has 0 radical (unpaired) electrons. The van der Waals surface area contributed by atoms with E-state index in [-0.39, 0.29) is 5.60 Å². The molecule has 0 N–H and O–H groups in total. The molecule has 1 saturated heterocycles. The molecule has 1 aliphatic rings. The maximum absolute atomic E-state index is 5.10. The van der Waals surface area contributed by atoms with E-state index in [4.69, 9.17) is 4.74 Å². The van der Waals surface area contributed by atoms with Crippen LogP contribution < -0.4 is 0 Å². The Morgan fingerprint density at radius 3 is 1.86 bits per heavy atom. The highest BCUT2D eigenvalue weighted by molar-refractivity contribution is 9.09. The van der Waals surface area contributed by atoms with E-state index < -0.39 is 0 Å². The van der Waals surface area contributed by atoms with Gasteiger partial charge < -0.3 is 4.74 Å². The molecule has 1 aliphatic heterocycles. The van der Waals surface area contributed by atoms with Gasteiger partial charge in [0, 0.05) is 10.7 Å². The van der Waals surface area contributed by atoms with Crippen molar-refractivity contribution < 1.29 is 4.74 Å². The van der Waals surface area contributed by atoms with Crippen molar-refractivity contribution in [3.05, 3.63) is 0 Å². The van der Waals surface area contributed by atoms with Crippen molar-refractivity contribution in [1.29, 1.82) is 0 Å². The number of ether oxygens (including phenoxy) is 1. The van der Waals surface area contributed by atoms with Gasteiger partial charge in [-0.1, -0.05) is 31.9 Å². The molecule has 0 unspecified atom stereocenters. The highest BCUT2D eigenvalue weighted by atomic mass is 79.9. The zero-order chi connectivity index (χ0) is 5.33. The Labute approximate surface area is 59.7 Å². The molecule has 0 saturated carbocycles. The molecular weight excluding hydrogens is 224 g/mol. The van der Waals surface area contributed by atoms with Crippen LogP contribution in [0.2, 0.25) is 0 Å². The van der Waals surface area contributed by atoms with Crippen molar-refractivity contribution in [3.8, 4) is 0 Å². The summed E-state index contributed by atoms with van der Waals surface area (Å²) in [6.45, 7) is 0.906. The Bertz CT molecular complexity index is 64.1. The largest absolute Gasteiger partial charge is 0.368 e. The summed E-state index contributed by atoms with van der Waals surface area (Å²) in [5.41, 5.74) is 0.167. The van der Waals surface area contributed by atoms with Gasteiger partial charge in [0.1, 0.15) is 5.60 Å². The van der Waals surface area contributed by atoms with E-state index in [0.717, 1.165) is 17.3 Å². The maximum Gasteiger partial charge on any atom is 0.111 e. The molecule has 1 heterocycles. The monoisotopic (exact) mass is 228 g/mol. The lowest BCUT2D eigenvalue weighted by Gasteiger charge is -1.97. The van der Waals surface area contributed by atoms with E-state index in [1.807, 2.05) is 0 Å². The van der Waals surface area contributed by atoms with E-state index in [2.05, 4.69) is 31.9 Å². The molecule has 0 bridgehead atoms. The van der Waals surface area contributed by atoms with Crippen LogP contribution in [0.15, 0.2) is 0 Å². The lowest BCUT2D eigenvalue weighted by molar-refractivity contribution is 0.355. The molecule has 0 amide bonds. The Morgan fingerprint density at radius 2 is 1.86 bits per heavy atom. The van der Waals surface area contributed by atoms with Gasteiger partial charge in [-0.2, -0.15) is 0 Å². The Morgan fingerprint density at radius 1 is 1.43 bits per heavy atom. The fourth-order valence-electron chi connectivity index (χ4n) is 0.292. The number of hydrogen-bond donors (Lipinski definition) is 0. The van der Waals surface area contributed by atoms with Gasteiger partial charge in [0.25, 0.3) is 0 Å². The van der Waals surface area contributed by atoms with Crippen LogP contribution in [0.4, 0.5) is 0 Å². The fourth-order valence-corrected chi connectivity index (χ4v) is 1.87. The summed E-state index contributed by atoms with van der Waals surface area (Å²) in [5, 5.41) is 1.90. The third kappa shape index (κ3) is 1.18. The minimum atomic E-state index is 0.167. The van der Waals surface area contributed by atoms with Gasteiger partial charge >= 0.3 is 0 Å². The number of hydrogen-bond acceptors (Lipinski definition) is 1. The summed E-state index contributed by atoms with van der Waals surface area (Å²) < 4.78 is 5.10. The molecule has 42 valence electrons. The second-order valence-corrected chi connectivity index (χ2v) is 2.86. The molecule has 0 aromatic rings. The van der Waals surface area contributed by atoms with Crippen LogP contribution in [0.5, 0.6) is 0 Å². The molecule has 7 heavy (non-hydrogen) atoms. The first-order chi connectivity index (χ1) is 3.33. The summed E-state index contributed by atoms with van der Waals surface area (Å²) >= 11 is 6.68. The smallest absolute Gasteiger partial charge is 0.111 e. The maximum atomic E-state index is 5.10. The van der Waals surface area contributed by atoms with E-state index in [0.29, 0.717) is 0 Å². The zero-order valence-corrected chi connectivity index (χ0v) is 6.96. The summed E-state index contributed by atoms with van der Waals surface area (Å²) in [4.78, 5) is 0. The summed E-state index contributed by atoms with van der Waals surface area (Å²) in [5.74, 6) is 0. The van der Waals surface area contributed by atoms with Gasteiger partial charge in [-0.15, -0.1) is 0 Å². The van der Waals surface area contributed by atoms with Gasteiger partial charge in [-0.3, -0.25) is 0 Å². The van der Waals surface area contributed by atoms with Crippen LogP contribution in [-0.4, -0.2) is 22.9 Å². The van der Waals surface area contributed by atoms with Crippen LogP contribution in [0.3, 0.4) is 0 Å². The predicted octanol–water partition coefficient (Wildman–Crippen LogP) is 1.55. The molecule has 0 atom stereocenters. The predicted molar refractivity (Wildman–Crippen MR) is 36.3 cm³/mol. The van der Waals surface area contributed by atoms with Crippen molar-refractivity contribution in [3.63, 3.8) is 0 Å². The fraction of sp³-hybridized carbons (Fsp3) is 1.00. The van der Waals surface area contributed by atoms with E-state index in [9.17, 15) is 0 Å². The van der Waals surface area contributed by atoms with Gasteiger partial charge in [-0.05, 0) is 0 Å². The third-order valence-electron chi connectivity index (χ3n) is 1.04. The summed E-state index contributed by atoms with van der Waals surface area (Å²) in [6.07, 6.45) is 0. The van der Waals surface area contributed by atoms with Crippen LogP contribution in [0, 0.1) is 0 Å². The van der Waals surface area contributed by atoms with Gasteiger partial charge in [0.05, 0.1) is 6.61 Å². The second-order valence-electron chi connectivity index (χ2n) is 1.74. The highest BCUT2D eigenvalue weighted by Crippen LogP contribution is 2.30. The van der Waals surface area contributed by atoms with Crippen LogP contribution >= 0.6 is 31.9 Å². The van der Waals surface area contributed by atoms with Crippen molar-refractivity contribution in [2.75, 3.05) is 17.3 Å². The number of epoxide rings is 1. The molecule has 3 heteroatoms. The normalized spacial score (nSPS) is 24.9. The van der Waals surface area contributed by atoms with Crippen LogP contribution in [-0.2, 0) is 4.74 Å². The Balaban J connectivity index is 2.28. The summed E-state index contributed by atoms with van der Waals surface area (Å²) in [7, 11) is 0. The van der Waals surface area contributed by atoms with Crippen molar-refractivity contribution in [2.45, 2.75) is 5.60 Å². The van der Waals surface area contributed by atoms with E-state index in [1.165, 1.54) is 0 Å². The topological polar surface area (TPSA) is 12.5 Å². The average Bonchev–Trinajstić information content (AvgIpc) is 2.46. The molecule has 0 spiro atoms. The summed E-state index contributed by atoms with van der Waals surface area (Å²) in [6, 6.07) is 0. The third-order valence-corrected chi connectivity index (χ3v) is 3.08. The number of rotatable bonds is 2. The van der Waals surface area contributed by atoms with Gasteiger partial charge in [0.15, 0.2) is 0 Å². The zero-order valence-electron chi connectivity index (χ0n) is 3.79. The highest BCUT2D eigenvalue weighted by Gasteiger charge is 2.42. The quantitative estimate of drug-likeness (QED) is 0.517. The number of alkyl halides is 2. The lowest BCUT2D eigenvalue weighted by atomic mass is 10.3. The molecule has 0 aliphatic carbocycles. The van der Waals surface area contributed by atoms with E-state index in [1.54, 1.807) is 0 Å². The number of halogens is 2. The van der Waals surface area contributed by atoms with Gasteiger partial charge in [0.2, 0.25) is 0 Å². The lowest BCUT2D eigenvalue weighted by Crippen LogP contribution is -2.13. The Hall–Kier alpha value is 0.920. The van der Waals surface area contributed by atoms with E-state index >= 15 is 0 Å². The molecule has 0 aromatic heterocycles. The molecular formula is C4H6Br2O. The molecule has 1 nitrogen and oxygen atoms in total.